The standard InChI is InChI=1S/C19H19N3O2S/c1-14-7-9-16(10-8-14)12-20-17(23)13-25-19-22-21-18(24-19)11-15-5-3-2-4-6-15/h2-10H,11-13H2,1H3,(H,20,23). The molecular weight excluding hydrogens is 334 g/mol. The highest BCUT2D eigenvalue weighted by molar-refractivity contribution is 7.99. The lowest BCUT2D eigenvalue weighted by atomic mass is 10.1. The Morgan fingerprint density at radius 2 is 1.80 bits per heavy atom. The largest absolute Gasteiger partial charge is 0.416 e. The summed E-state index contributed by atoms with van der Waals surface area (Å²) in [6.07, 6.45) is 0.591. The molecule has 0 unspecified atom stereocenters. The third kappa shape index (κ3) is 5.46. The van der Waals surface area contributed by atoms with Crippen LogP contribution in [0.4, 0.5) is 0 Å². The van der Waals surface area contributed by atoms with Crippen LogP contribution in [-0.2, 0) is 17.8 Å². The lowest BCUT2D eigenvalue weighted by Gasteiger charge is -2.04. The quantitative estimate of drug-likeness (QED) is 0.660. The maximum atomic E-state index is 11.9. The fourth-order valence-electron chi connectivity index (χ4n) is 2.22. The van der Waals surface area contributed by atoms with Gasteiger partial charge in [0.05, 0.1) is 12.2 Å². The van der Waals surface area contributed by atoms with Crippen LogP contribution in [0.25, 0.3) is 0 Å². The van der Waals surface area contributed by atoms with E-state index in [4.69, 9.17) is 4.42 Å². The highest BCUT2D eigenvalue weighted by atomic mass is 32.2. The van der Waals surface area contributed by atoms with Crippen molar-refractivity contribution in [2.24, 2.45) is 0 Å². The molecule has 6 heteroatoms. The summed E-state index contributed by atoms with van der Waals surface area (Å²) in [5.74, 6) is 0.737. The van der Waals surface area contributed by atoms with E-state index in [-0.39, 0.29) is 11.7 Å². The normalized spacial score (nSPS) is 10.6. The van der Waals surface area contributed by atoms with Crippen molar-refractivity contribution in [1.29, 1.82) is 0 Å². The second kappa shape index (κ2) is 8.48. The molecule has 5 nitrogen and oxygen atoms in total. The van der Waals surface area contributed by atoms with Gasteiger partial charge in [-0.05, 0) is 18.1 Å². The van der Waals surface area contributed by atoms with Crippen molar-refractivity contribution < 1.29 is 9.21 Å². The summed E-state index contributed by atoms with van der Waals surface area (Å²) in [6, 6.07) is 18.0. The number of aryl methyl sites for hydroxylation is 1. The minimum absolute atomic E-state index is 0.0617. The lowest BCUT2D eigenvalue weighted by Crippen LogP contribution is -2.24. The Labute approximate surface area is 150 Å². The molecular formula is C19H19N3O2S. The maximum absolute atomic E-state index is 11.9. The number of thioether (sulfide) groups is 1. The fraction of sp³-hybridized carbons (Fsp3) is 0.211. The Morgan fingerprint density at radius 3 is 2.56 bits per heavy atom. The lowest BCUT2D eigenvalue weighted by molar-refractivity contribution is -0.118. The number of hydrogen-bond donors (Lipinski definition) is 1. The van der Waals surface area contributed by atoms with Crippen molar-refractivity contribution in [3.05, 3.63) is 77.2 Å². The van der Waals surface area contributed by atoms with Crippen LogP contribution >= 0.6 is 11.8 Å². The van der Waals surface area contributed by atoms with E-state index in [9.17, 15) is 4.79 Å². The molecule has 1 aromatic heterocycles. The van der Waals surface area contributed by atoms with Crippen molar-refractivity contribution in [3.8, 4) is 0 Å². The van der Waals surface area contributed by atoms with E-state index in [0.29, 0.717) is 24.1 Å². The van der Waals surface area contributed by atoms with Gasteiger partial charge in [0.15, 0.2) is 0 Å². The van der Waals surface area contributed by atoms with Crippen molar-refractivity contribution >= 4 is 17.7 Å². The third-order valence-electron chi connectivity index (χ3n) is 3.58. The van der Waals surface area contributed by atoms with Gasteiger partial charge in [0.2, 0.25) is 11.8 Å². The molecule has 3 rings (SSSR count). The summed E-state index contributed by atoms with van der Waals surface area (Å²) in [5.41, 5.74) is 3.39. The number of amides is 1. The van der Waals surface area contributed by atoms with Crippen molar-refractivity contribution in [2.75, 3.05) is 5.75 Å². The fourth-order valence-corrected chi connectivity index (χ4v) is 2.83. The van der Waals surface area contributed by atoms with Crippen molar-refractivity contribution in [2.45, 2.75) is 25.1 Å². The first-order chi connectivity index (χ1) is 12.2. The van der Waals surface area contributed by atoms with Crippen LogP contribution in [0.15, 0.2) is 64.2 Å². The SMILES string of the molecule is Cc1ccc(CNC(=O)CSc2nnc(Cc3ccccc3)o2)cc1. The molecule has 0 aliphatic rings. The van der Waals surface area contributed by atoms with Crippen molar-refractivity contribution in [3.63, 3.8) is 0 Å². The van der Waals surface area contributed by atoms with Crippen LogP contribution in [0.5, 0.6) is 0 Å². The molecule has 0 saturated heterocycles. The molecule has 1 heterocycles. The molecule has 0 aliphatic carbocycles. The maximum Gasteiger partial charge on any atom is 0.277 e. The predicted octanol–water partition coefficient (Wildman–Crippen LogP) is 3.38. The van der Waals surface area contributed by atoms with Gasteiger partial charge in [-0.2, -0.15) is 0 Å². The Kier molecular flexibility index (Phi) is 5.85. The van der Waals surface area contributed by atoms with Crippen LogP contribution in [0.1, 0.15) is 22.6 Å². The number of aromatic nitrogens is 2. The van der Waals surface area contributed by atoms with Gasteiger partial charge in [-0.15, -0.1) is 10.2 Å². The average Bonchev–Trinajstić information content (AvgIpc) is 3.08. The number of nitrogens with zero attached hydrogens (tertiary/aromatic N) is 2. The van der Waals surface area contributed by atoms with Gasteiger partial charge in [-0.25, -0.2) is 0 Å². The molecule has 0 saturated carbocycles. The summed E-state index contributed by atoms with van der Waals surface area (Å²) in [4.78, 5) is 11.9. The van der Waals surface area contributed by atoms with E-state index in [1.54, 1.807) is 0 Å². The van der Waals surface area contributed by atoms with Gasteiger partial charge in [-0.3, -0.25) is 4.79 Å². The minimum atomic E-state index is -0.0617. The first kappa shape index (κ1) is 17.2. The topological polar surface area (TPSA) is 68.0 Å². The summed E-state index contributed by atoms with van der Waals surface area (Å²) < 4.78 is 5.57. The predicted molar refractivity (Wildman–Crippen MR) is 97.3 cm³/mol. The number of hydrogen-bond acceptors (Lipinski definition) is 5. The van der Waals surface area contributed by atoms with Gasteiger partial charge in [0.25, 0.3) is 5.22 Å². The molecule has 1 N–H and O–H groups in total. The summed E-state index contributed by atoms with van der Waals surface area (Å²) in [6.45, 7) is 2.55. The molecule has 0 atom stereocenters. The van der Waals surface area contributed by atoms with Crippen LogP contribution in [0.2, 0.25) is 0 Å². The Hall–Kier alpha value is -2.60. The molecule has 0 spiro atoms. The zero-order valence-electron chi connectivity index (χ0n) is 13.9. The molecule has 0 radical (unpaired) electrons. The molecule has 128 valence electrons. The minimum Gasteiger partial charge on any atom is -0.416 e. The molecule has 0 aliphatic heterocycles. The number of carbonyl (C=O) groups excluding carboxylic acids is 1. The van der Waals surface area contributed by atoms with E-state index >= 15 is 0 Å². The molecule has 25 heavy (non-hydrogen) atoms. The molecule has 2 aromatic carbocycles. The number of rotatable bonds is 7. The first-order valence-corrected chi connectivity index (χ1v) is 8.99. The van der Waals surface area contributed by atoms with Gasteiger partial charge in [-0.1, -0.05) is 71.9 Å². The van der Waals surface area contributed by atoms with Crippen molar-refractivity contribution in [1.82, 2.24) is 15.5 Å². The van der Waals surface area contributed by atoms with Gasteiger partial charge in [0, 0.05) is 6.54 Å². The third-order valence-corrected chi connectivity index (χ3v) is 4.40. The van der Waals surface area contributed by atoms with E-state index in [1.165, 1.54) is 17.3 Å². The molecule has 0 fully saturated rings. The summed E-state index contributed by atoms with van der Waals surface area (Å²) >= 11 is 1.25. The van der Waals surface area contributed by atoms with E-state index in [2.05, 4.69) is 15.5 Å². The zero-order chi connectivity index (χ0) is 17.5. The number of carbonyl (C=O) groups is 1. The molecule has 3 aromatic rings. The van der Waals surface area contributed by atoms with Crippen LogP contribution in [0, 0.1) is 6.92 Å². The molecule has 1 amide bonds. The smallest absolute Gasteiger partial charge is 0.277 e. The average molecular weight is 353 g/mol. The monoisotopic (exact) mass is 353 g/mol. The van der Waals surface area contributed by atoms with E-state index in [0.717, 1.165) is 11.1 Å². The first-order valence-electron chi connectivity index (χ1n) is 8.00. The summed E-state index contributed by atoms with van der Waals surface area (Å²) in [7, 11) is 0. The number of nitrogens with one attached hydrogen (secondary N) is 1. The van der Waals surface area contributed by atoms with E-state index in [1.807, 2.05) is 61.5 Å². The number of benzene rings is 2. The second-order valence-corrected chi connectivity index (χ2v) is 6.60. The second-order valence-electron chi connectivity index (χ2n) is 5.68. The van der Waals surface area contributed by atoms with Crippen LogP contribution < -0.4 is 5.32 Å². The van der Waals surface area contributed by atoms with E-state index < -0.39 is 0 Å². The zero-order valence-corrected chi connectivity index (χ0v) is 14.8. The summed E-state index contributed by atoms with van der Waals surface area (Å²) in [5, 5.41) is 11.3. The Bertz CT molecular complexity index is 816. The van der Waals surface area contributed by atoms with Gasteiger partial charge >= 0.3 is 0 Å². The highest BCUT2D eigenvalue weighted by Gasteiger charge is 2.10. The van der Waals surface area contributed by atoms with Crippen LogP contribution in [0.3, 0.4) is 0 Å². The Morgan fingerprint density at radius 1 is 1.04 bits per heavy atom. The van der Waals surface area contributed by atoms with Gasteiger partial charge in [0.1, 0.15) is 0 Å². The highest BCUT2D eigenvalue weighted by Crippen LogP contribution is 2.17. The molecule has 0 bridgehead atoms. The van der Waals surface area contributed by atoms with Crippen LogP contribution in [-0.4, -0.2) is 21.9 Å². The van der Waals surface area contributed by atoms with Gasteiger partial charge < -0.3 is 9.73 Å². The Balaban J connectivity index is 1.43.